The van der Waals surface area contributed by atoms with Gasteiger partial charge in [0.15, 0.2) is 0 Å². The Morgan fingerprint density at radius 2 is 0.379 bits per heavy atom. The molecule has 172 valence electrons. The zero-order valence-corrected chi connectivity index (χ0v) is 20.9. The van der Waals surface area contributed by atoms with Crippen LogP contribution in [0.25, 0.3) is 0 Å². The molecular formula is C29H56. The Morgan fingerprint density at radius 3 is 0.517 bits per heavy atom. The van der Waals surface area contributed by atoms with E-state index in [1.807, 2.05) is 36.4 Å². The summed E-state index contributed by atoms with van der Waals surface area (Å²) < 4.78 is 0. The van der Waals surface area contributed by atoms with Gasteiger partial charge in [0.2, 0.25) is 0 Å². The fourth-order valence-corrected chi connectivity index (χ4v) is 3.33. The van der Waals surface area contributed by atoms with Crippen LogP contribution in [0.3, 0.4) is 0 Å². The Labute approximate surface area is 186 Å². The van der Waals surface area contributed by atoms with E-state index in [2.05, 4.69) is 27.7 Å². The minimum atomic E-state index is 1.37. The summed E-state index contributed by atoms with van der Waals surface area (Å²) in [7, 11) is 0. The molecule has 0 amide bonds. The molecule has 0 atom stereocenters. The Morgan fingerprint density at radius 1 is 0.241 bits per heavy atom. The van der Waals surface area contributed by atoms with Gasteiger partial charge < -0.3 is 0 Å². The third kappa shape index (κ3) is 35.1. The van der Waals surface area contributed by atoms with E-state index in [9.17, 15) is 0 Å². The highest BCUT2D eigenvalue weighted by Gasteiger charge is 1.90. The van der Waals surface area contributed by atoms with Crippen LogP contribution in [0, 0.1) is 0 Å². The zero-order chi connectivity index (χ0) is 21.7. The number of unbranched alkanes of at least 4 members (excludes halogenated alkanes) is 17. The molecule has 1 rings (SSSR count). The molecule has 0 fully saturated rings. The van der Waals surface area contributed by atoms with E-state index in [1.54, 1.807) is 0 Å². The molecule has 1 aromatic carbocycles. The summed E-state index contributed by atoms with van der Waals surface area (Å²) in [6.07, 6.45) is 27.4. The topological polar surface area (TPSA) is 0 Å². The molecule has 0 saturated carbocycles. The van der Waals surface area contributed by atoms with E-state index in [0.29, 0.717) is 0 Å². The summed E-state index contributed by atoms with van der Waals surface area (Å²) in [4.78, 5) is 0. The molecule has 0 aromatic heterocycles. The summed E-state index contributed by atoms with van der Waals surface area (Å²) >= 11 is 0. The van der Waals surface area contributed by atoms with E-state index < -0.39 is 0 Å². The van der Waals surface area contributed by atoms with Gasteiger partial charge >= 0.3 is 0 Å². The van der Waals surface area contributed by atoms with E-state index >= 15 is 0 Å². The van der Waals surface area contributed by atoms with Crippen LogP contribution in [-0.4, -0.2) is 0 Å². The van der Waals surface area contributed by atoms with Crippen LogP contribution >= 0.6 is 0 Å². The molecule has 0 saturated heterocycles. The predicted octanol–water partition coefficient (Wildman–Crippen LogP) is 11.2. The first kappa shape index (κ1) is 30.4. The van der Waals surface area contributed by atoms with Gasteiger partial charge in [0, 0.05) is 0 Å². The Bertz CT molecular complexity index is 284. The molecule has 0 radical (unpaired) electrons. The van der Waals surface area contributed by atoms with Gasteiger partial charge in [-0.25, -0.2) is 0 Å². The molecule has 0 nitrogen and oxygen atoms in total. The number of hydrogen-bond donors (Lipinski definition) is 0. The molecule has 0 N–H and O–H groups in total. The standard InChI is InChI=1S/C12H26.C11H24.C6H6/c1-3-5-7-9-11-12-10-8-6-4-2;1-3-5-7-9-11-10-8-6-4-2;1-2-4-6-5-3-1/h3-12H2,1-2H3;3-11H2,1-2H3;1-6H. The summed E-state index contributed by atoms with van der Waals surface area (Å²) in [5, 5.41) is 0. The molecule has 0 aliphatic rings. The maximum absolute atomic E-state index is 2.28. The summed E-state index contributed by atoms with van der Waals surface area (Å²) in [5.41, 5.74) is 0. The summed E-state index contributed by atoms with van der Waals surface area (Å²) in [5.74, 6) is 0. The summed E-state index contributed by atoms with van der Waals surface area (Å²) in [6, 6.07) is 12.0. The quantitative estimate of drug-likeness (QED) is 0.226. The second kappa shape index (κ2) is 31.9. The lowest BCUT2D eigenvalue weighted by Crippen LogP contribution is -1.80. The van der Waals surface area contributed by atoms with Crippen LogP contribution < -0.4 is 0 Å². The van der Waals surface area contributed by atoms with Crippen molar-refractivity contribution < 1.29 is 0 Å². The lowest BCUT2D eigenvalue weighted by molar-refractivity contribution is 0.562. The van der Waals surface area contributed by atoms with Crippen LogP contribution in [0.2, 0.25) is 0 Å². The van der Waals surface area contributed by atoms with Crippen molar-refractivity contribution in [3.05, 3.63) is 36.4 Å². The molecule has 1 aromatic rings. The average Bonchev–Trinajstić information content (AvgIpc) is 2.77. The van der Waals surface area contributed by atoms with Crippen LogP contribution in [-0.2, 0) is 0 Å². The molecule has 0 bridgehead atoms. The van der Waals surface area contributed by atoms with E-state index in [1.165, 1.54) is 122 Å². The van der Waals surface area contributed by atoms with Crippen LogP contribution in [0.4, 0.5) is 0 Å². The van der Waals surface area contributed by atoms with Gasteiger partial charge in [-0.1, -0.05) is 186 Å². The second-order valence-electron chi connectivity index (χ2n) is 8.46. The first-order chi connectivity index (χ1) is 14.3. The number of rotatable bonds is 17. The van der Waals surface area contributed by atoms with Crippen molar-refractivity contribution in [1.29, 1.82) is 0 Å². The molecule has 0 aliphatic carbocycles. The molecule has 0 aliphatic heterocycles. The van der Waals surface area contributed by atoms with Crippen molar-refractivity contribution in [3.63, 3.8) is 0 Å². The third-order valence-electron chi connectivity index (χ3n) is 5.33. The highest BCUT2D eigenvalue weighted by atomic mass is 14.0. The Kier molecular flexibility index (Phi) is 33.5. The van der Waals surface area contributed by atoms with Gasteiger partial charge in [-0.15, -0.1) is 0 Å². The molecule has 0 spiro atoms. The van der Waals surface area contributed by atoms with Crippen LogP contribution in [0.15, 0.2) is 36.4 Å². The fraction of sp³-hybridized carbons (Fsp3) is 0.793. The highest BCUT2D eigenvalue weighted by Crippen LogP contribution is 2.10. The van der Waals surface area contributed by atoms with Crippen LogP contribution in [0.5, 0.6) is 0 Å². The first-order valence-corrected chi connectivity index (χ1v) is 13.3. The minimum absolute atomic E-state index is 1.37. The van der Waals surface area contributed by atoms with Gasteiger partial charge in [0.05, 0.1) is 0 Å². The van der Waals surface area contributed by atoms with E-state index in [0.717, 1.165) is 0 Å². The predicted molar refractivity (Wildman–Crippen MR) is 137 cm³/mol. The first-order valence-electron chi connectivity index (χ1n) is 13.3. The molecular weight excluding hydrogens is 348 g/mol. The number of benzene rings is 1. The van der Waals surface area contributed by atoms with Crippen molar-refractivity contribution in [3.8, 4) is 0 Å². The molecule has 0 unspecified atom stereocenters. The summed E-state index contributed by atoms with van der Waals surface area (Å²) in [6.45, 7) is 9.11. The fourth-order valence-electron chi connectivity index (χ4n) is 3.33. The van der Waals surface area contributed by atoms with Gasteiger partial charge in [-0.05, 0) is 0 Å². The Balaban J connectivity index is 0. The molecule has 29 heavy (non-hydrogen) atoms. The van der Waals surface area contributed by atoms with Gasteiger partial charge in [0.1, 0.15) is 0 Å². The maximum Gasteiger partial charge on any atom is -0.0533 e. The SMILES string of the molecule is CCCCCCCCCCC.CCCCCCCCCCCC.c1ccccc1. The monoisotopic (exact) mass is 404 g/mol. The van der Waals surface area contributed by atoms with E-state index in [-0.39, 0.29) is 0 Å². The second-order valence-corrected chi connectivity index (χ2v) is 8.46. The Hall–Kier alpha value is -0.780. The van der Waals surface area contributed by atoms with Crippen molar-refractivity contribution in [2.24, 2.45) is 0 Å². The van der Waals surface area contributed by atoms with E-state index in [4.69, 9.17) is 0 Å². The average molecular weight is 405 g/mol. The lowest BCUT2D eigenvalue weighted by Gasteiger charge is -1.99. The smallest absolute Gasteiger partial charge is 0.0533 e. The minimum Gasteiger partial charge on any atom is -0.0654 e. The molecule has 0 heteroatoms. The molecule has 0 heterocycles. The van der Waals surface area contributed by atoms with Crippen LogP contribution in [0.1, 0.15) is 150 Å². The zero-order valence-electron chi connectivity index (χ0n) is 20.9. The van der Waals surface area contributed by atoms with Gasteiger partial charge in [-0.2, -0.15) is 0 Å². The van der Waals surface area contributed by atoms with Crippen molar-refractivity contribution in [2.45, 2.75) is 150 Å². The van der Waals surface area contributed by atoms with Crippen molar-refractivity contribution in [2.75, 3.05) is 0 Å². The van der Waals surface area contributed by atoms with Gasteiger partial charge in [0.25, 0.3) is 0 Å². The van der Waals surface area contributed by atoms with Gasteiger partial charge in [-0.3, -0.25) is 0 Å². The largest absolute Gasteiger partial charge is 0.0654 e. The highest BCUT2D eigenvalue weighted by molar-refractivity contribution is 4.99. The normalized spacial score (nSPS) is 9.93. The van der Waals surface area contributed by atoms with Crippen molar-refractivity contribution >= 4 is 0 Å². The number of hydrogen-bond acceptors (Lipinski definition) is 0. The maximum atomic E-state index is 2.28. The third-order valence-corrected chi connectivity index (χ3v) is 5.33. The van der Waals surface area contributed by atoms with Crippen molar-refractivity contribution in [1.82, 2.24) is 0 Å². The lowest BCUT2D eigenvalue weighted by atomic mass is 10.1.